The lowest BCUT2D eigenvalue weighted by molar-refractivity contribution is -0.145. The number of hydrogen-bond donors (Lipinski definition) is 2. The van der Waals surface area contributed by atoms with Crippen molar-refractivity contribution in [1.29, 1.82) is 0 Å². The molecule has 2 rings (SSSR count). The number of nitrogens with one attached hydrogen (secondary N) is 1. The van der Waals surface area contributed by atoms with Crippen molar-refractivity contribution in [2.45, 2.75) is 37.8 Å². The SMILES string of the molecule is COC(=O)[C@@H](C)C[C@@H]1C[C@@]2(C[C@@H]2N)NC1=O.Cl. The van der Waals surface area contributed by atoms with E-state index >= 15 is 0 Å². The minimum Gasteiger partial charge on any atom is -0.469 e. The number of amides is 1. The second kappa shape index (κ2) is 4.82. The minimum atomic E-state index is -0.256. The van der Waals surface area contributed by atoms with Crippen LogP contribution in [0.25, 0.3) is 0 Å². The van der Waals surface area contributed by atoms with E-state index in [1.807, 2.05) is 0 Å². The van der Waals surface area contributed by atoms with Crippen LogP contribution in [-0.2, 0) is 14.3 Å². The van der Waals surface area contributed by atoms with Crippen molar-refractivity contribution in [3.05, 3.63) is 0 Å². The van der Waals surface area contributed by atoms with Crippen molar-refractivity contribution >= 4 is 24.3 Å². The summed E-state index contributed by atoms with van der Waals surface area (Å²) in [5.41, 5.74) is 5.64. The smallest absolute Gasteiger partial charge is 0.308 e. The van der Waals surface area contributed by atoms with E-state index in [4.69, 9.17) is 5.73 Å². The van der Waals surface area contributed by atoms with Gasteiger partial charge in [0.05, 0.1) is 18.6 Å². The van der Waals surface area contributed by atoms with Gasteiger partial charge in [-0.25, -0.2) is 0 Å². The van der Waals surface area contributed by atoms with E-state index in [1.165, 1.54) is 7.11 Å². The molecule has 1 spiro atoms. The van der Waals surface area contributed by atoms with Crippen LogP contribution in [0.15, 0.2) is 0 Å². The zero-order valence-electron chi connectivity index (χ0n) is 10.1. The van der Waals surface area contributed by atoms with Gasteiger partial charge in [0.15, 0.2) is 0 Å². The third kappa shape index (κ3) is 2.55. The van der Waals surface area contributed by atoms with E-state index in [1.54, 1.807) is 6.92 Å². The number of ether oxygens (including phenoxy) is 1. The average molecular weight is 263 g/mol. The summed E-state index contributed by atoms with van der Waals surface area (Å²) in [6, 6.07) is 0.0925. The average Bonchev–Trinajstić information content (AvgIpc) is 2.73. The standard InChI is InChI=1S/C11H18N2O3.ClH/c1-6(10(15)16-2)3-7-4-11(5-8(11)12)13-9(7)14;/h6-8H,3-5,12H2,1-2H3,(H,13,14);1H/t6-,7+,8-,11-;/m0./s1. The molecule has 0 aromatic carbocycles. The number of rotatable bonds is 3. The first-order valence-corrected chi connectivity index (χ1v) is 5.64. The molecule has 3 N–H and O–H groups in total. The molecule has 98 valence electrons. The van der Waals surface area contributed by atoms with Crippen LogP contribution in [0.3, 0.4) is 0 Å². The first-order valence-electron chi connectivity index (χ1n) is 5.64. The first-order chi connectivity index (χ1) is 7.48. The van der Waals surface area contributed by atoms with Gasteiger partial charge in [-0.05, 0) is 19.3 Å². The maximum Gasteiger partial charge on any atom is 0.308 e. The molecule has 1 saturated heterocycles. The first kappa shape index (κ1) is 14.3. The molecule has 0 bridgehead atoms. The number of nitrogens with two attached hydrogens (primary N) is 1. The van der Waals surface area contributed by atoms with Gasteiger partial charge in [0.2, 0.25) is 5.91 Å². The summed E-state index contributed by atoms with van der Waals surface area (Å²) >= 11 is 0. The topological polar surface area (TPSA) is 81.4 Å². The Morgan fingerprint density at radius 1 is 1.65 bits per heavy atom. The molecule has 2 aliphatic rings. The number of hydrogen-bond acceptors (Lipinski definition) is 4. The van der Waals surface area contributed by atoms with E-state index in [0.29, 0.717) is 6.42 Å². The van der Waals surface area contributed by atoms with Gasteiger partial charge < -0.3 is 15.8 Å². The molecule has 4 atom stereocenters. The molecule has 6 heteroatoms. The molecule has 1 heterocycles. The third-order valence-corrected chi connectivity index (χ3v) is 3.73. The lowest BCUT2D eigenvalue weighted by Crippen LogP contribution is -2.33. The zero-order valence-corrected chi connectivity index (χ0v) is 10.9. The van der Waals surface area contributed by atoms with Crippen molar-refractivity contribution in [1.82, 2.24) is 5.32 Å². The van der Waals surface area contributed by atoms with Crippen LogP contribution in [-0.4, -0.2) is 30.6 Å². The Labute approximate surface area is 107 Å². The van der Waals surface area contributed by atoms with Gasteiger partial charge in [-0.3, -0.25) is 9.59 Å². The van der Waals surface area contributed by atoms with E-state index in [0.717, 1.165) is 12.8 Å². The molecule has 1 amide bonds. The fourth-order valence-corrected chi connectivity index (χ4v) is 2.56. The Balaban J connectivity index is 0.00000144. The highest BCUT2D eigenvalue weighted by Gasteiger charge is 2.59. The van der Waals surface area contributed by atoms with Gasteiger partial charge in [0.25, 0.3) is 0 Å². The van der Waals surface area contributed by atoms with Crippen LogP contribution < -0.4 is 11.1 Å². The molecule has 5 nitrogen and oxygen atoms in total. The zero-order chi connectivity index (χ0) is 11.9. The Hall–Kier alpha value is -0.810. The van der Waals surface area contributed by atoms with Gasteiger partial charge in [0, 0.05) is 12.0 Å². The second-order valence-corrected chi connectivity index (χ2v) is 5.02. The summed E-state index contributed by atoms with van der Waals surface area (Å²) in [7, 11) is 1.37. The van der Waals surface area contributed by atoms with Gasteiger partial charge in [-0.1, -0.05) is 6.92 Å². The van der Waals surface area contributed by atoms with Gasteiger partial charge >= 0.3 is 5.97 Å². The van der Waals surface area contributed by atoms with Gasteiger partial charge in [-0.2, -0.15) is 0 Å². The van der Waals surface area contributed by atoms with Gasteiger partial charge in [0.1, 0.15) is 0 Å². The molecule has 0 aromatic heterocycles. The van der Waals surface area contributed by atoms with Crippen molar-refractivity contribution in [2.75, 3.05) is 7.11 Å². The highest BCUT2D eigenvalue weighted by Crippen LogP contribution is 2.45. The highest BCUT2D eigenvalue weighted by atomic mass is 35.5. The number of carbonyl (C=O) groups is 2. The summed E-state index contributed by atoms with van der Waals surface area (Å²) in [6.07, 6.45) is 2.17. The fourth-order valence-electron chi connectivity index (χ4n) is 2.56. The van der Waals surface area contributed by atoms with E-state index in [9.17, 15) is 9.59 Å². The molecule has 1 aliphatic carbocycles. The number of esters is 1. The second-order valence-electron chi connectivity index (χ2n) is 5.02. The lowest BCUT2D eigenvalue weighted by Gasteiger charge is -2.12. The summed E-state index contributed by atoms with van der Waals surface area (Å²) in [5.74, 6) is -0.550. The predicted octanol–water partition coefficient (Wildman–Crippen LogP) is 0.213. The molecule has 0 aromatic rings. The number of methoxy groups -OCH3 is 1. The quantitative estimate of drug-likeness (QED) is 0.713. The molecule has 17 heavy (non-hydrogen) atoms. The van der Waals surface area contributed by atoms with Crippen LogP contribution >= 0.6 is 12.4 Å². The Morgan fingerprint density at radius 2 is 2.24 bits per heavy atom. The third-order valence-electron chi connectivity index (χ3n) is 3.73. The molecule has 1 aliphatic heterocycles. The van der Waals surface area contributed by atoms with Crippen LogP contribution in [0.5, 0.6) is 0 Å². The molecule has 1 saturated carbocycles. The van der Waals surface area contributed by atoms with Crippen LogP contribution in [0.2, 0.25) is 0 Å². The molecular formula is C11H19ClN2O3. The summed E-state index contributed by atoms with van der Waals surface area (Å²) < 4.78 is 4.65. The van der Waals surface area contributed by atoms with Crippen molar-refractivity contribution in [2.24, 2.45) is 17.6 Å². The van der Waals surface area contributed by atoms with E-state index in [2.05, 4.69) is 10.1 Å². The predicted molar refractivity (Wildman–Crippen MR) is 64.6 cm³/mol. The maximum absolute atomic E-state index is 11.7. The summed E-state index contributed by atoms with van der Waals surface area (Å²) in [6.45, 7) is 1.79. The largest absolute Gasteiger partial charge is 0.469 e. The van der Waals surface area contributed by atoms with Crippen molar-refractivity contribution in [3.8, 4) is 0 Å². The number of carbonyl (C=O) groups excluding carboxylic acids is 2. The molecule has 0 unspecified atom stereocenters. The van der Waals surface area contributed by atoms with Crippen LogP contribution in [0, 0.1) is 11.8 Å². The monoisotopic (exact) mass is 262 g/mol. The van der Waals surface area contributed by atoms with Crippen LogP contribution in [0.1, 0.15) is 26.2 Å². The Bertz CT molecular complexity index is 337. The van der Waals surface area contributed by atoms with Gasteiger partial charge in [-0.15, -0.1) is 12.4 Å². The molecular weight excluding hydrogens is 244 g/mol. The Kier molecular flexibility index (Phi) is 4.04. The lowest BCUT2D eigenvalue weighted by atomic mass is 9.92. The summed E-state index contributed by atoms with van der Waals surface area (Å²) in [4.78, 5) is 23.0. The van der Waals surface area contributed by atoms with Crippen molar-refractivity contribution in [3.63, 3.8) is 0 Å². The minimum absolute atomic E-state index is 0. The van der Waals surface area contributed by atoms with E-state index < -0.39 is 0 Å². The van der Waals surface area contributed by atoms with E-state index in [-0.39, 0.29) is 47.7 Å². The highest BCUT2D eigenvalue weighted by molar-refractivity contribution is 5.85. The maximum atomic E-state index is 11.7. The number of halogens is 1. The fraction of sp³-hybridized carbons (Fsp3) is 0.818. The van der Waals surface area contributed by atoms with Crippen LogP contribution in [0.4, 0.5) is 0 Å². The summed E-state index contributed by atoms with van der Waals surface area (Å²) in [5, 5.41) is 2.95. The normalized spacial score (nSPS) is 36.1. The molecule has 0 radical (unpaired) electrons. The molecule has 2 fully saturated rings. The Morgan fingerprint density at radius 3 is 2.65 bits per heavy atom. The van der Waals surface area contributed by atoms with Crippen molar-refractivity contribution < 1.29 is 14.3 Å².